The molecule has 0 heterocycles. The van der Waals surface area contributed by atoms with E-state index in [1.807, 2.05) is 6.92 Å². The van der Waals surface area contributed by atoms with E-state index in [9.17, 15) is 9.59 Å². The Kier molecular flexibility index (Phi) is 6.22. The van der Waals surface area contributed by atoms with Gasteiger partial charge in [-0.05, 0) is 31.2 Å². The van der Waals surface area contributed by atoms with Crippen LogP contribution in [0.1, 0.15) is 37.8 Å². The molecule has 0 spiro atoms. The number of carboxylic acid groups (broad SMARTS) is 1. The van der Waals surface area contributed by atoms with Gasteiger partial charge in [-0.2, -0.15) is 0 Å². The smallest absolute Gasteiger partial charge is 0.326 e. The predicted octanol–water partition coefficient (Wildman–Crippen LogP) is 2.54. The Hall–Kier alpha value is -1.84. The van der Waals surface area contributed by atoms with Gasteiger partial charge in [0, 0.05) is 6.42 Å². The van der Waals surface area contributed by atoms with Gasteiger partial charge in [0.1, 0.15) is 6.04 Å². The second-order valence-corrected chi connectivity index (χ2v) is 5.47. The Morgan fingerprint density at radius 3 is 2.30 bits per heavy atom. The van der Waals surface area contributed by atoms with Gasteiger partial charge >= 0.3 is 5.97 Å². The SMILES string of the molecule is Cc1ccc(CCCC(=O)N[C@H](C(=O)O)C(C)C)cc1. The highest BCUT2D eigenvalue weighted by molar-refractivity contribution is 5.83. The zero-order valence-electron chi connectivity index (χ0n) is 12.3. The van der Waals surface area contributed by atoms with E-state index >= 15 is 0 Å². The van der Waals surface area contributed by atoms with Gasteiger partial charge in [0.05, 0.1) is 0 Å². The summed E-state index contributed by atoms with van der Waals surface area (Å²) in [7, 11) is 0. The molecule has 0 bridgehead atoms. The molecule has 1 aromatic rings. The molecule has 20 heavy (non-hydrogen) atoms. The molecule has 0 radical (unpaired) electrons. The number of aryl methyl sites for hydroxylation is 2. The number of hydrogen-bond donors (Lipinski definition) is 2. The van der Waals surface area contributed by atoms with Gasteiger partial charge in [0.25, 0.3) is 0 Å². The summed E-state index contributed by atoms with van der Waals surface area (Å²) in [4.78, 5) is 22.7. The lowest BCUT2D eigenvalue weighted by molar-refractivity contribution is -0.143. The van der Waals surface area contributed by atoms with Crippen LogP contribution in [-0.2, 0) is 16.0 Å². The molecular weight excluding hydrogens is 254 g/mol. The van der Waals surface area contributed by atoms with Crippen LogP contribution in [0.2, 0.25) is 0 Å². The third kappa shape index (κ3) is 5.43. The number of benzene rings is 1. The summed E-state index contributed by atoms with van der Waals surface area (Å²) >= 11 is 0. The maximum Gasteiger partial charge on any atom is 0.326 e. The highest BCUT2D eigenvalue weighted by Crippen LogP contribution is 2.08. The number of carbonyl (C=O) groups is 2. The van der Waals surface area contributed by atoms with Gasteiger partial charge in [-0.15, -0.1) is 0 Å². The molecule has 1 aromatic carbocycles. The second kappa shape index (κ2) is 7.68. The Bertz CT molecular complexity index is 451. The van der Waals surface area contributed by atoms with E-state index in [0.717, 1.165) is 12.8 Å². The molecule has 0 unspecified atom stereocenters. The third-order valence-corrected chi connectivity index (χ3v) is 3.24. The number of carbonyl (C=O) groups excluding carboxylic acids is 1. The Balaban J connectivity index is 2.36. The van der Waals surface area contributed by atoms with E-state index in [1.165, 1.54) is 11.1 Å². The maximum atomic E-state index is 11.7. The summed E-state index contributed by atoms with van der Waals surface area (Å²) in [5.74, 6) is -1.29. The Morgan fingerprint density at radius 1 is 1.20 bits per heavy atom. The molecule has 0 aliphatic rings. The minimum atomic E-state index is -0.980. The van der Waals surface area contributed by atoms with Crippen LogP contribution in [0.15, 0.2) is 24.3 Å². The van der Waals surface area contributed by atoms with E-state index in [2.05, 4.69) is 29.6 Å². The minimum absolute atomic E-state index is 0.117. The van der Waals surface area contributed by atoms with Crippen LogP contribution in [-0.4, -0.2) is 23.0 Å². The second-order valence-electron chi connectivity index (χ2n) is 5.47. The van der Waals surface area contributed by atoms with Crippen LogP contribution >= 0.6 is 0 Å². The first-order valence-corrected chi connectivity index (χ1v) is 6.98. The van der Waals surface area contributed by atoms with Gasteiger partial charge < -0.3 is 10.4 Å². The highest BCUT2D eigenvalue weighted by atomic mass is 16.4. The number of rotatable bonds is 7. The molecule has 0 saturated heterocycles. The highest BCUT2D eigenvalue weighted by Gasteiger charge is 2.22. The fraction of sp³-hybridized carbons (Fsp3) is 0.500. The van der Waals surface area contributed by atoms with Crippen molar-refractivity contribution in [3.05, 3.63) is 35.4 Å². The summed E-state index contributed by atoms with van der Waals surface area (Å²) < 4.78 is 0. The van der Waals surface area contributed by atoms with Gasteiger partial charge in [-0.3, -0.25) is 4.79 Å². The number of amides is 1. The van der Waals surface area contributed by atoms with Gasteiger partial charge in [0.15, 0.2) is 0 Å². The molecule has 4 nitrogen and oxygen atoms in total. The normalized spacial score (nSPS) is 12.2. The monoisotopic (exact) mass is 277 g/mol. The summed E-state index contributed by atoms with van der Waals surface area (Å²) in [6, 6.07) is 7.41. The van der Waals surface area contributed by atoms with Crippen molar-refractivity contribution in [2.45, 2.75) is 46.1 Å². The predicted molar refractivity (Wildman–Crippen MR) is 78.5 cm³/mol. The van der Waals surface area contributed by atoms with Crippen molar-refractivity contribution in [1.29, 1.82) is 0 Å². The fourth-order valence-corrected chi connectivity index (χ4v) is 1.97. The van der Waals surface area contributed by atoms with Gasteiger partial charge in [-0.1, -0.05) is 43.7 Å². The first-order valence-electron chi connectivity index (χ1n) is 6.98. The largest absolute Gasteiger partial charge is 0.480 e. The van der Waals surface area contributed by atoms with Crippen LogP contribution in [0.5, 0.6) is 0 Å². The fourth-order valence-electron chi connectivity index (χ4n) is 1.97. The zero-order chi connectivity index (χ0) is 15.1. The van der Waals surface area contributed by atoms with Crippen molar-refractivity contribution < 1.29 is 14.7 Å². The van der Waals surface area contributed by atoms with Crippen molar-refractivity contribution in [2.75, 3.05) is 0 Å². The molecule has 0 aromatic heterocycles. The summed E-state index contributed by atoms with van der Waals surface area (Å²) in [5.41, 5.74) is 2.41. The molecule has 0 aliphatic carbocycles. The lowest BCUT2D eigenvalue weighted by atomic mass is 10.0. The van der Waals surface area contributed by atoms with Crippen molar-refractivity contribution in [1.82, 2.24) is 5.32 Å². The molecule has 4 heteroatoms. The number of aliphatic carboxylic acids is 1. The molecule has 1 atom stereocenters. The Labute approximate surface area is 120 Å². The summed E-state index contributed by atoms with van der Waals surface area (Å²) in [6.07, 6.45) is 1.90. The third-order valence-electron chi connectivity index (χ3n) is 3.24. The van der Waals surface area contributed by atoms with E-state index in [4.69, 9.17) is 5.11 Å². The van der Waals surface area contributed by atoms with Crippen molar-refractivity contribution in [3.8, 4) is 0 Å². The summed E-state index contributed by atoms with van der Waals surface area (Å²) in [6.45, 7) is 5.60. The standard InChI is InChI=1S/C16H23NO3/c1-11(2)15(16(19)20)17-14(18)6-4-5-13-9-7-12(3)8-10-13/h7-11,15H,4-6H2,1-3H3,(H,17,18)(H,19,20)/t15-/m0/s1. The van der Waals surface area contributed by atoms with Crippen LogP contribution in [0, 0.1) is 12.8 Å². The first kappa shape index (κ1) is 16.2. The lowest BCUT2D eigenvalue weighted by Gasteiger charge is -2.17. The van der Waals surface area contributed by atoms with Crippen molar-refractivity contribution in [2.24, 2.45) is 5.92 Å². The van der Waals surface area contributed by atoms with E-state index in [1.54, 1.807) is 13.8 Å². The number of hydrogen-bond acceptors (Lipinski definition) is 2. The van der Waals surface area contributed by atoms with Crippen LogP contribution in [0.3, 0.4) is 0 Å². The molecule has 0 fully saturated rings. The molecular formula is C16H23NO3. The quantitative estimate of drug-likeness (QED) is 0.805. The molecule has 1 rings (SSSR count). The lowest BCUT2D eigenvalue weighted by Crippen LogP contribution is -2.44. The molecule has 2 N–H and O–H groups in total. The number of carboxylic acids is 1. The molecule has 110 valence electrons. The van der Waals surface area contributed by atoms with Crippen molar-refractivity contribution >= 4 is 11.9 Å². The van der Waals surface area contributed by atoms with E-state index in [0.29, 0.717) is 6.42 Å². The first-order chi connectivity index (χ1) is 9.40. The molecule has 0 aliphatic heterocycles. The Morgan fingerprint density at radius 2 is 1.80 bits per heavy atom. The topological polar surface area (TPSA) is 66.4 Å². The van der Waals surface area contributed by atoms with Gasteiger partial charge in [-0.25, -0.2) is 4.79 Å². The van der Waals surface area contributed by atoms with E-state index < -0.39 is 12.0 Å². The average molecular weight is 277 g/mol. The van der Waals surface area contributed by atoms with Gasteiger partial charge in [0.2, 0.25) is 5.91 Å². The maximum absolute atomic E-state index is 11.7. The zero-order valence-corrected chi connectivity index (χ0v) is 12.3. The van der Waals surface area contributed by atoms with Crippen LogP contribution < -0.4 is 5.32 Å². The average Bonchev–Trinajstić information content (AvgIpc) is 2.37. The van der Waals surface area contributed by atoms with Crippen LogP contribution in [0.4, 0.5) is 0 Å². The van der Waals surface area contributed by atoms with E-state index in [-0.39, 0.29) is 11.8 Å². The van der Waals surface area contributed by atoms with Crippen molar-refractivity contribution in [3.63, 3.8) is 0 Å². The molecule has 1 amide bonds. The molecule has 0 saturated carbocycles. The number of nitrogens with one attached hydrogen (secondary N) is 1. The van der Waals surface area contributed by atoms with Crippen LogP contribution in [0.25, 0.3) is 0 Å². The summed E-state index contributed by atoms with van der Waals surface area (Å²) in [5, 5.41) is 11.6. The minimum Gasteiger partial charge on any atom is -0.480 e.